The molecule has 3 aliphatic heterocycles. The van der Waals surface area contributed by atoms with Crippen LogP contribution in [-0.2, 0) is 11.3 Å². The smallest absolute Gasteiger partial charge is 0.252 e. The molecule has 3 atom stereocenters. The summed E-state index contributed by atoms with van der Waals surface area (Å²) >= 11 is 0. The van der Waals surface area contributed by atoms with Crippen LogP contribution < -0.4 is 5.32 Å². The maximum absolute atomic E-state index is 13.3. The molecule has 4 bridgehead atoms. The number of aryl methyl sites for hydroxylation is 2. The quantitative estimate of drug-likeness (QED) is 0.291. The number of ether oxygens (including phenoxy) is 1. The molecule has 36 heavy (non-hydrogen) atoms. The van der Waals surface area contributed by atoms with Gasteiger partial charge in [-0.05, 0) is 56.0 Å². The van der Waals surface area contributed by atoms with E-state index in [0.717, 1.165) is 56.2 Å². The van der Waals surface area contributed by atoms with Gasteiger partial charge in [0, 0.05) is 35.1 Å². The van der Waals surface area contributed by atoms with Gasteiger partial charge in [0.2, 0.25) is 0 Å². The first-order chi connectivity index (χ1) is 17.0. The molecule has 5 nitrogen and oxygen atoms in total. The van der Waals surface area contributed by atoms with Crippen molar-refractivity contribution < 1.29 is 9.53 Å². The predicted octanol–water partition coefficient (Wildman–Crippen LogP) is 7.46. The zero-order valence-electron chi connectivity index (χ0n) is 21.4. The molecule has 6 heteroatoms. The van der Waals surface area contributed by atoms with Gasteiger partial charge in [0.15, 0.2) is 0 Å². The van der Waals surface area contributed by atoms with E-state index in [0.29, 0.717) is 12.5 Å². The molecule has 2 aromatic heterocycles. The zero-order valence-corrected chi connectivity index (χ0v) is 22.2. The second-order valence-corrected chi connectivity index (χ2v) is 9.43. The lowest BCUT2D eigenvalue weighted by Gasteiger charge is -2.19. The molecule has 3 aliphatic rings. The molecular weight excluding hydrogens is 470 g/mol. The van der Waals surface area contributed by atoms with Crippen molar-refractivity contribution in [3.8, 4) is 0 Å². The molecule has 1 N–H and O–H groups in total. The minimum atomic E-state index is -0.0656. The number of aromatic nitrogens is 2. The summed E-state index contributed by atoms with van der Waals surface area (Å²) in [4.78, 5) is 13.3. The van der Waals surface area contributed by atoms with E-state index in [4.69, 9.17) is 4.74 Å². The number of hydrogen-bond acceptors (Lipinski definition) is 2. The van der Waals surface area contributed by atoms with Gasteiger partial charge in [0.05, 0.1) is 16.6 Å². The molecule has 2 unspecified atom stereocenters. The molecule has 0 radical (unpaired) electrons. The lowest BCUT2D eigenvalue weighted by atomic mass is 9.99. The highest BCUT2D eigenvalue weighted by atomic mass is 35.5. The number of fused-ring (bicyclic) bond motifs is 9. The zero-order chi connectivity index (χ0) is 24.9. The van der Waals surface area contributed by atoms with Gasteiger partial charge in [-0.3, -0.25) is 4.79 Å². The van der Waals surface area contributed by atoms with Crippen molar-refractivity contribution in [3.05, 3.63) is 89.8 Å². The van der Waals surface area contributed by atoms with Crippen molar-refractivity contribution >= 4 is 46.2 Å². The summed E-state index contributed by atoms with van der Waals surface area (Å²) in [6, 6.07) is 8.50. The first-order valence-corrected chi connectivity index (χ1v) is 12.3. The number of nitrogens with zero attached hydrogens (tertiary/aromatic N) is 2. The summed E-state index contributed by atoms with van der Waals surface area (Å²) in [5.74, 6) is 0.378. The number of amides is 1. The van der Waals surface area contributed by atoms with Crippen LogP contribution in [0.2, 0.25) is 0 Å². The minimum absolute atomic E-state index is 0. The number of para-hydroxylation sites is 1. The number of carbonyl (C=O) groups excluding carboxylic acids is 1. The number of nitrogens with one attached hydrogen (secondary N) is 1. The Hall–Kier alpha value is -3.28. The van der Waals surface area contributed by atoms with Crippen molar-refractivity contribution in [1.82, 2.24) is 14.5 Å². The van der Waals surface area contributed by atoms with Crippen LogP contribution in [0.1, 0.15) is 65.5 Å². The maximum atomic E-state index is 13.3. The largest absolute Gasteiger partial charge is 0.348 e. The Balaban J connectivity index is 0.000000990. The third-order valence-electron chi connectivity index (χ3n) is 7.52. The standard InChI is InChI=1S/C28H29N3O2.C2H4.ClH/c1-5-6-7-11-21-18(4)25-23-15-30(28-16(2)13-24(33-28)31(21)23)22-12-9-8-10-19(22)17(3)20-14-29-27(32)26(20)25;1-2;/h5-12,15-16,24,28H,13-14H2,1-4H3,(H,29,32);1-2H2;1H/b6-5-,11-7-,20-17?,26-25?;;/t16-,24?,28?;;/m1../s1. The summed E-state index contributed by atoms with van der Waals surface area (Å²) in [7, 11) is 0. The highest BCUT2D eigenvalue weighted by molar-refractivity contribution is 6.11. The fraction of sp³-hybridized carbons (Fsp3) is 0.300. The fourth-order valence-corrected chi connectivity index (χ4v) is 5.92. The Labute approximate surface area is 218 Å². The molecule has 0 saturated carbocycles. The number of rotatable bonds is 2. The molecule has 1 saturated heterocycles. The molecule has 5 heterocycles. The van der Waals surface area contributed by atoms with Gasteiger partial charge in [-0.15, -0.1) is 25.6 Å². The molecule has 1 aromatic carbocycles. The lowest BCUT2D eigenvalue weighted by Crippen LogP contribution is -2.14. The molecule has 3 aromatic rings. The van der Waals surface area contributed by atoms with E-state index in [1.54, 1.807) is 0 Å². The highest BCUT2D eigenvalue weighted by Gasteiger charge is 2.39. The molecular formula is C30H34ClN3O2. The van der Waals surface area contributed by atoms with E-state index in [9.17, 15) is 4.79 Å². The summed E-state index contributed by atoms with van der Waals surface area (Å²) in [6.45, 7) is 15.1. The third kappa shape index (κ3) is 3.69. The van der Waals surface area contributed by atoms with Gasteiger partial charge in [0.25, 0.3) is 5.91 Å². The molecule has 1 fully saturated rings. The first-order valence-electron chi connectivity index (χ1n) is 12.3. The van der Waals surface area contributed by atoms with E-state index in [2.05, 4.69) is 91.0 Å². The number of halogens is 1. The Morgan fingerprint density at radius 1 is 1.11 bits per heavy atom. The Kier molecular flexibility index (Phi) is 7.17. The third-order valence-corrected chi connectivity index (χ3v) is 7.52. The molecule has 6 rings (SSSR count). The number of carbonyl (C=O) groups is 1. The van der Waals surface area contributed by atoms with E-state index >= 15 is 0 Å². The van der Waals surface area contributed by atoms with Gasteiger partial charge in [0.1, 0.15) is 12.5 Å². The van der Waals surface area contributed by atoms with Gasteiger partial charge in [-0.25, -0.2) is 0 Å². The van der Waals surface area contributed by atoms with Crippen molar-refractivity contribution in [2.24, 2.45) is 5.92 Å². The number of allylic oxidation sites excluding steroid dienone is 3. The normalized spacial score (nSPS) is 21.3. The van der Waals surface area contributed by atoms with Crippen molar-refractivity contribution in [2.75, 3.05) is 0 Å². The fourth-order valence-electron chi connectivity index (χ4n) is 5.92. The van der Waals surface area contributed by atoms with Gasteiger partial charge >= 0.3 is 0 Å². The Morgan fingerprint density at radius 3 is 2.61 bits per heavy atom. The van der Waals surface area contributed by atoms with E-state index < -0.39 is 0 Å². The summed E-state index contributed by atoms with van der Waals surface area (Å²) in [6.07, 6.45) is 11.3. The SMILES string of the molecule is C/C=C\C=C/c1c(C)c2c3c(c(C)c4ccccc4n4cc2n1C1C[C@@H](C)C4O1)CNC3=O.C=C.Cl. The average molecular weight is 504 g/mol. The topological polar surface area (TPSA) is 48.2 Å². The van der Waals surface area contributed by atoms with Gasteiger partial charge < -0.3 is 19.2 Å². The van der Waals surface area contributed by atoms with Crippen LogP contribution in [0.4, 0.5) is 0 Å². The van der Waals surface area contributed by atoms with E-state index in [-0.39, 0.29) is 30.8 Å². The minimum Gasteiger partial charge on any atom is -0.348 e. The van der Waals surface area contributed by atoms with Gasteiger partial charge in [-0.1, -0.05) is 43.4 Å². The van der Waals surface area contributed by atoms with Crippen LogP contribution in [0.5, 0.6) is 0 Å². The van der Waals surface area contributed by atoms with Crippen molar-refractivity contribution in [1.29, 1.82) is 0 Å². The monoisotopic (exact) mass is 503 g/mol. The number of benzene rings is 1. The Bertz CT molecular complexity index is 1470. The first kappa shape index (κ1) is 25.8. The van der Waals surface area contributed by atoms with Gasteiger partial charge in [-0.2, -0.15) is 0 Å². The Morgan fingerprint density at radius 2 is 1.86 bits per heavy atom. The lowest BCUT2D eigenvalue weighted by molar-refractivity contribution is -0.0351. The van der Waals surface area contributed by atoms with Crippen LogP contribution in [0.25, 0.3) is 27.9 Å². The molecule has 0 spiro atoms. The highest BCUT2D eigenvalue weighted by Crippen LogP contribution is 2.47. The van der Waals surface area contributed by atoms with Crippen LogP contribution in [0.15, 0.2) is 61.8 Å². The van der Waals surface area contributed by atoms with Crippen LogP contribution >= 0.6 is 12.4 Å². The predicted molar refractivity (Wildman–Crippen MR) is 151 cm³/mol. The average Bonchev–Trinajstić information content (AvgIpc) is 3.47. The van der Waals surface area contributed by atoms with E-state index in [1.807, 2.05) is 19.1 Å². The van der Waals surface area contributed by atoms with Crippen LogP contribution in [0.3, 0.4) is 0 Å². The van der Waals surface area contributed by atoms with Crippen LogP contribution in [0, 0.1) is 19.8 Å². The second kappa shape index (κ2) is 10.00. The molecule has 188 valence electrons. The molecule has 1 amide bonds. The summed E-state index contributed by atoms with van der Waals surface area (Å²) < 4.78 is 11.4. The number of hydrogen-bond donors (Lipinski definition) is 1. The second-order valence-electron chi connectivity index (χ2n) is 9.43. The van der Waals surface area contributed by atoms with E-state index in [1.165, 1.54) is 0 Å². The summed E-state index contributed by atoms with van der Waals surface area (Å²) in [5.41, 5.74) is 7.45. The summed E-state index contributed by atoms with van der Waals surface area (Å²) in [5, 5.41) is 5.29. The van der Waals surface area contributed by atoms with Crippen molar-refractivity contribution in [3.63, 3.8) is 0 Å². The maximum Gasteiger partial charge on any atom is 0.252 e. The molecule has 0 aliphatic carbocycles. The van der Waals surface area contributed by atoms with Crippen molar-refractivity contribution in [2.45, 2.75) is 53.1 Å². The van der Waals surface area contributed by atoms with Crippen LogP contribution in [-0.4, -0.2) is 15.0 Å².